The second kappa shape index (κ2) is 7.81. The van der Waals surface area contributed by atoms with E-state index in [9.17, 15) is 8.42 Å². The minimum absolute atomic E-state index is 0.0707. The SMILES string of the molecule is COc1ccc(CNS(=O)(=O)Cc2ccc(Br)cc2)c(OC)c1. The van der Waals surface area contributed by atoms with Crippen LogP contribution in [0.5, 0.6) is 11.5 Å². The van der Waals surface area contributed by atoms with Gasteiger partial charge in [0.05, 0.1) is 20.0 Å². The van der Waals surface area contributed by atoms with Crippen molar-refractivity contribution in [2.24, 2.45) is 0 Å². The number of ether oxygens (including phenoxy) is 2. The summed E-state index contributed by atoms with van der Waals surface area (Å²) < 4.78 is 38.3. The van der Waals surface area contributed by atoms with E-state index < -0.39 is 10.0 Å². The molecular formula is C16H18BrNO4S. The molecule has 0 bridgehead atoms. The number of benzene rings is 2. The fraction of sp³-hybridized carbons (Fsp3) is 0.250. The van der Waals surface area contributed by atoms with Crippen molar-refractivity contribution in [3.8, 4) is 11.5 Å². The van der Waals surface area contributed by atoms with Crippen LogP contribution >= 0.6 is 15.9 Å². The highest BCUT2D eigenvalue weighted by atomic mass is 79.9. The predicted molar refractivity (Wildman–Crippen MR) is 93.2 cm³/mol. The van der Waals surface area contributed by atoms with E-state index in [0.29, 0.717) is 11.5 Å². The Hall–Kier alpha value is -1.57. The predicted octanol–water partition coefficient (Wildman–Crippen LogP) is 3.09. The summed E-state index contributed by atoms with van der Waals surface area (Å²) in [5.74, 6) is 1.16. The monoisotopic (exact) mass is 399 g/mol. The number of hydrogen-bond acceptors (Lipinski definition) is 4. The molecule has 1 N–H and O–H groups in total. The molecule has 124 valence electrons. The molecule has 7 heteroatoms. The summed E-state index contributed by atoms with van der Waals surface area (Å²) in [6.45, 7) is 0.159. The molecule has 2 aromatic carbocycles. The van der Waals surface area contributed by atoms with Crippen LogP contribution in [0.1, 0.15) is 11.1 Å². The maximum absolute atomic E-state index is 12.2. The lowest BCUT2D eigenvalue weighted by atomic mass is 10.2. The topological polar surface area (TPSA) is 64.6 Å². The molecule has 0 unspecified atom stereocenters. The Balaban J connectivity index is 2.05. The van der Waals surface area contributed by atoms with Crippen LogP contribution < -0.4 is 14.2 Å². The molecule has 0 amide bonds. The largest absolute Gasteiger partial charge is 0.497 e. The second-order valence-electron chi connectivity index (χ2n) is 4.88. The van der Waals surface area contributed by atoms with Crippen molar-refractivity contribution < 1.29 is 17.9 Å². The average molecular weight is 400 g/mol. The van der Waals surface area contributed by atoms with E-state index >= 15 is 0 Å². The summed E-state index contributed by atoms with van der Waals surface area (Å²) in [6, 6.07) is 12.4. The highest BCUT2D eigenvalue weighted by Gasteiger charge is 2.13. The minimum Gasteiger partial charge on any atom is -0.497 e. The lowest BCUT2D eigenvalue weighted by molar-refractivity contribution is 0.390. The van der Waals surface area contributed by atoms with E-state index in [4.69, 9.17) is 9.47 Å². The van der Waals surface area contributed by atoms with Crippen molar-refractivity contribution >= 4 is 26.0 Å². The average Bonchev–Trinajstić information content (AvgIpc) is 2.54. The van der Waals surface area contributed by atoms with Crippen LogP contribution in [0.3, 0.4) is 0 Å². The Morgan fingerprint density at radius 2 is 1.74 bits per heavy atom. The first-order valence-corrected chi connectivity index (χ1v) is 9.31. The van der Waals surface area contributed by atoms with Gasteiger partial charge in [0.1, 0.15) is 11.5 Å². The van der Waals surface area contributed by atoms with E-state index in [0.717, 1.165) is 15.6 Å². The zero-order valence-corrected chi connectivity index (χ0v) is 15.3. The number of hydrogen-bond donors (Lipinski definition) is 1. The van der Waals surface area contributed by atoms with Gasteiger partial charge in [-0.15, -0.1) is 0 Å². The van der Waals surface area contributed by atoms with Crippen molar-refractivity contribution in [1.29, 1.82) is 0 Å². The summed E-state index contributed by atoms with van der Waals surface area (Å²) in [6.07, 6.45) is 0. The zero-order chi connectivity index (χ0) is 16.9. The molecule has 2 aromatic rings. The normalized spacial score (nSPS) is 11.3. The third-order valence-corrected chi connectivity index (χ3v) is 5.07. The van der Waals surface area contributed by atoms with Crippen molar-refractivity contribution in [1.82, 2.24) is 4.72 Å². The third-order valence-electron chi connectivity index (χ3n) is 3.25. The number of sulfonamides is 1. The summed E-state index contributed by atoms with van der Waals surface area (Å²) in [4.78, 5) is 0. The molecule has 0 spiro atoms. The molecule has 0 aliphatic heterocycles. The Labute approximate surface area is 144 Å². The van der Waals surface area contributed by atoms with Crippen LogP contribution in [0.2, 0.25) is 0 Å². The summed E-state index contributed by atoms with van der Waals surface area (Å²) in [7, 11) is -0.337. The number of halogens is 1. The highest BCUT2D eigenvalue weighted by molar-refractivity contribution is 9.10. The molecule has 0 saturated carbocycles. The van der Waals surface area contributed by atoms with Gasteiger partial charge >= 0.3 is 0 Å². The highest BCUT2D eigenvalue weighted by Crippen LogP contribution is 2.24. The van der Waals surface area contributed by atoms with Gasteiger partial charge in [-0.3, -0.25) is 0 Å². The van der Waals surface area contributed by atoms with Gasteiger partial charge in [0.25, 0.3) is 0 Å². The first-order chi connectivity index (χ1) is 10.9. The van der Waals surface area contributed by atoms with Gasteiger partial charge in [0, 0.05) is 22.6 Å². The number of methoxy groups -OCH3 is 2. The molecule has 0 aliphatic rings. The van der Waals surface area contributed by atoms with Gasteiger partial charge in [0.2, 0.25) is 10.0 Å². The number of nitrogens with one attached hydrogen (secondary N) is 1. The maximum Gasteiger partial charge on any atom is 0.216 e. The van der Waals surface area contributed by atoms with E-state index in [1.165, 1.54) is 7.11 Å². The molecule has 0 heterocycles. The van der Waals surface area contributed by atoms with Crippen LogP contribution in [-0.4, -0.2) is 22.6 Å². The first kappa shape index (κ1) is 17.8. The lowest BCUT2D eigenvalue weighted by Gasteiger charge is -2.12. The van der Waals surface area contributed by atoms with E-state index in [1.807, 2.05) is 12.1 Å². The molecule has 0 aliphatic carbocycles. The standard InChI is InChI=1S/C16H18BrNO4S/c1-21-15-8-5-13(16(9-15)22-2)10-18-23(19,20)11-12-3-6-14(17)7-4-12/h3-9,18H,10-11H2,1-2H3. The third kappa shape index (κ3) is 5.23. The van der Waals surface area contributed by atoms with Crippen LogP contribution in [0, 0.1) is 0 Å². The first-order valence-electron chi connectivity index (χ1n) is 6.86. The van der Waals surface area contributed by atoms with Crippen LogP contribution in [0.15, 0.2) is 46.9 Å². The van der Waals surface area contributed by atoms with E-state index in [1.54, 1.807) is 37.4 Å². The van der Waals surface area contributed by atoms with Gasteiger partial charge in [0.15, 0.2) is 0 Å². The molecule has 0 aromatic heterocycles. The van der Waals surface area contributed by atoms with Crippen molar-refractivity contribution in [2.45, 2.75) is 12.3 Å². The Morgan fingerprint density at radius 1 is 1.04 bits per heavy atom. The van der Waals surface area contributed by atoms with E-state index in [2.05, 4.69) is 20.7 Å². The van der Waals surface area contributed by atoms with Crippen molar-refractivity contribution in [2.75, 3.05) is 14.2 Å². The summed E-state index contributed by atoms with van der Waals surface area (Å²) in [5.41, 5.74) is 1.47. The quantitative estimate of drug-likeness (QED) is 0.776. The molecule has 2 rings (SSSR count). The molecule has 0 radical (unpaired) electrons. The summed E-state index contributed by atoms with van der Waals surface area (Å²) in [5, 5.41) is 0. The fourth-order valence-corrected chi connectivity index (χ4v) is 3.41. The van der Waals surface area contributed by atoms with Crippen LogP contribution in [0.25, 0.3) is 0 Å². The molecule has 0 atom stereocenters. The number of rotatable bonds is 7. The van der Waals surface area contributed by atoms with Gasteiger partial charge in [-0.2, -0.15) is 0 Å². The lowest BCUT2D eigenvalue weighted by Crippen LogP contribution is -2.24. The Bertz CT molecular complexity index is 760. The zero-order valence-electron chi connectivity index (χ0n) is 12.9. The van der Waals surface area contributed by atoms with Gasteiger partial charge < -0.3 is 9.47 Å². The molecule has 0 fully saturated rings. The molecule has 23 heavy (non-hydrogen) atoms. The summed E-state index contributed by atoms with van der Waals surface area (Å²) >= 11 is 3.32. The minimum atomic E-state index is -3.44. The van der Waals surface area contributed by atoms with Crippen molar-refractivity contribution in [3.05, 3.63) is 58.1 Å². The smallest absolute Gasteiger partial charge is 0.216 e. The van der Waals surface area contributed by atoms with Gasteiger partial charge in [-0.25, -0.2) is 13.1 Å². The Kier molecular flexibility index (Phi) is 6.04. The molecular weight excluding hydrogens is 382 g/mol. The second-order valence-corrected chi connectivity index (χ2v) is 7.61. The van der Waals surface area contributed by atoms with Gasteiger partial charge in [-0.05, 0) is 23.8 Å². The van der Waals surface area contributed by atoms with Gasteiger partial charge in [-0.1, -0.05) is 34.1 Å². The fourth-order valence-electron chi connectivity index (χ4n) is 2.04. The molecule has 5 nitrogen and oxygen atoms in total. The molecule has 0 saturated heterocycles. The van der Waals surface area contributed by atoms with Crippen molar-refractivity contribution in [3.63, 3.8) is 0 Å². The maximum atomic E-state index is 12.2. The van der Waals surface area contributed by atoms with Crippen LogP contribution in [-0.2, 0) is 22.3 Å². The van der Waals surface area contributed by atoms with Crippen LogP contribution in [0.4, 0.5) is 0 Å². The Morgan fingerprint density at radius 3 is 2.35 bits per heavy atom. The van der Waals surface area contributed by atoms with E-state index in [-0.39, 0.29) is 12.3 Å².